The maximum atomic E-state index is 14.2. The van der Waals surface area contributed by atoms with E-state index < -0.39 is 18.0 Å². The van der Waals surface area contributed by atoms with Gasteiger partial charge in [0.1, 0.15) is 6.29 Å². The highest BCUT2D eigenvalue weighted by Gasteiger charge is 2.25. The van der Waals surface area contributed by atoms with Crippen molar-refractivity contribution in [2.45, 2.75) is 19.6 Å². The molecule has 6 heteroatoms. The first-order valence-corrected chi connectivity index (χ1v) is 5.89. The first kappa shape index (κ1) is 13.6. The maximum absolute atomic E-state index is 14.2. The van der Waals surface area contributed by atoms with Gasteiger partial charge in [-0.15, -0.1) is 0 Å². The lowest BCUT2D eigenvalue weighted by molar-refractivity contribution is -0.114. The van der Waals surface area contributed by atoms with Crippen LogP contribution in [0.4, 0.5) is 10.1 Å². The topological polar surface area (TPSA) is 64.6 Å². The number of rotatable bonds is 4. The van der Waals surface area contributed by atoms with E-state index in [2.05, 4.69) is 5.32 Å². The molecule has 0 bridgehead atoms. The molecule has 19 heavy (non-hydrogen) atoms. The molecule has 1 N–H and O–H groups in total. The molecule has 1 aromatic carbocycles. The van der Waals surface area contributed by atoms with Gasteiger partial charge < -0.3 is 19.6 Å². The van der Waals surface area contributed by atoms with Crippen molar-refractivity contribution in [2.24, 2.45) is 0 Å². The molecule has 0 aliphatic carbocycles. The predicted octanol–water partition coefficient (Wildman–Crippen LogP) is 1.57. The molecule has 0 spiro atoms. The van der Waals surface area contributed by atoms with E-state index in [1.165, 1.54) is 13.0 Å². The third kappa shape index (κ3) is 2.97. The summed E-state index contributed by atoms with van der Waals surface area (Å²) < 4.78 is 24.9. The van der Waals surface area contributed by atoms with Crippen molar-refractivity contribution in [1.82, 2.24) is 0 Å². The second-order valence-corrected chi connectivity index (χ2v) is 4.13. The number of benzene rings is 1. The summed E-state index contributed by atoms with van der Waals surface area (Å²) in [6.45, 7) is 2.12. The van der Waals surface area contributed by atoms with Crippen LogP contribution in [0.2, 0.25) is 0 Å². The van der Waals surface area contributed by atoms with Gasteiger partial charge in [-0.05, 0) is 5.56 Å². The van der Waals surface area contributed by atoms with Crippen LogP contribution in [-0.4, -0.2) is 25.4 Å². The van der Waals surface area contributed by atoms with E-state index in [0.29, 0.717) is 25.1 Å². The average Bonchev–Trinajstić information content (AvgIpc) is 2.88. The van der Waals surface area contributed by atoms with Crippen molar-refractivity contribution < 1.29 is 23.5 Å². The number of aldehydes is 1. The largest absolute Gasteiger partial charge is 0.346 e. The molecule has 1 saturated heterocycles. The van der Waals surface area contributed by atoms with E-state index in [9.17, 15) is 14.0 Å². The second-order valence-electron chi connectivity index (χ2n) is 4.13. The van der Waals surface area contributed by atoms with E-state index in [1.807, 2.05) is 0 Å². The minimum Gasteiger partial charge on any atom is -0.346 e. The van der Waals surface area contributed by atoms with Crippen molar-refractivity contribution in [2.75, 3.05) is 18.5 Å². The van der Waals surface area contributed by atoms with Gasteiger partial charge in [-0.25, -0.2) is 4.39 Å². The average molecular weight is 267 g/mol. The number of ether oxygens (including phenoxy) is 2. The Labute approximate surface area is 109 Å². The van der Waals surface area contributed by atoms with Crippen LogP contribution in [0.5, 0.6) is 0 Å². The summed E-state index contributed by atoms with van der Waals surface area (Å²) in [4.78, 5) is 21.7. The van der Waals surface area contributed by atoms with E-state index in [0.717, 1.165) is 0 Å². The molecule has 0 radical (unpaired) electrons. The lowest BCUT2D eigenvalue weighted by Gasteiger charge is -2.17. The summed E-state index contributed by atoms with van der Waals surface area (Å²) in [7, 11) is 0. The zero-order valence-corrected chi connectivity index (χ0v) is 10.4. The van der Waals surface area contributed by atoms with Gasteiger partial charge in [-0.2, -0.15) is 0 Å². The number of amides is 1. The first-order chi connectivity index (χ1) is 9.13. The Morgan fingerprint density at radius 3 is 2.74 bits per heavy atom. The zero-order chi connectivity index (χ0) is 13.8. The fraction of sp³-hybridized carbons (Fsp3) is 0.385. The number of halogens is 1. The van der Waals surface area contributed by atoms with Gasteiger partial charge in [0, 0.05) is 18.9 Å². The van der Waals surface area contributed by atoms with Gasteiger partial charge in [-0.3, -0.25) is 4.79 Å². The van der Waals surface area contributed by atoms with Gasteiger partial charge in [0.05, 0.1) is 18.9 Å². The van der Waals surface area contributed by atoms with Gasteiger partial charge in [0.25, 0.3) is 0 Å². The third-order valence-electron chi connectivity index (χ3n) is 2.73. The van der Waals surface area contributed by atoms with Crippen LogP contribution in [0.15, 0.2) is 12.1 Å². The molecule has 0 aromatic heterocycles. The number of anilines is 1. The Balaban J connectivity index is 2.43. The predicted molar refractivity (Wildman–Crippen MR) is 65.1 cm³/mol. The highest BCUT2D eigenvalue weighted by molar-refractivity contribution is 5.90. The van der Waals surface area contributed by atoms with Crippen molar-refractivity contribution >= 4 is 17.9 Å². The van der Waals surface area contributed by atoms with Crippen LogP contribution in [0.25, 0.3) is 0 Å². The van der Waals surface area contributed by atoms with Crippen molar-refractivity contribution in [3.8, 4) is 0 Å². The Morgan fingerprint density at radius 2 is 2.16 bits per heavy atom. The van der Waals surface area contributed by atoms with Crippen molar-refractivity contribution in [1.29, 1.82) is 0 Å². The number of hydrogen-bond acceptors (Lipinski definition) is 4. The van der Waals surface area contributed by atoms with E-state index in [1.54, 1.807) is 6.07 Å². The van der Waals surface area contributed by atoms with Crippen LogP contribution in [0.3, 0.4) is 0 Å². The second kappa shape index (κ2) is 5.90. The zero-order valence-electron chi connectivity index (χ0n) is 10.4. The normalized spacial score (nSPS) is 15.5. The molecule has 1 heterocycles. The Morgan fingerprint density at radius 1 is 1.47 bits per heavy atom. The van der Waals surface area contributed by atoms with Gasteiger partial charge >= 0.3 is 0 Å². The van der Waals surface area contributed by atoms with E-state index in [4.69, 9.17) is 9.47 Å². The third-order valence-corrected chi connectivity index (χ3v) is 2.73. The minimum atomic E-state index is -0.693. The fourth-order valence-corrected chi connectivity index (χ4v) is 1.92. The minimum absolute atomic E-state index is 0.0127. The number of hydrogen-bond donors (Lipinski definition) is 1. The summed E-state index contributed by atoms with van der Waals surface area (Å²) in [6, 6.07) is 3.10. The molecule has 0 atom stereocenters. The Hall–Kier alpha value is -1.79. The highest BCUT2D eigenvalue weighted by atomic mass is 19.1. The molecule has 1 fully saturated rings. The molecule has 1 aromatic rings. The molecule has 2 rings (SSSR count). The smallest absolute Gasteiger partial charge is 0.221 e. The van der Waals surface area contributed by atoms with E-state index >= 15 is 0 Å². The Bertz CT molecular complexity index is 498. The summed E-state index contributed by atoms with van der Waals surface area (Å²) in [5, 5.41) is 2.43. The summed E-state index contributed by atoms with van der Waals surface area (Å²) in [5.74, 6) is -1.03. The van der Waals surface area contributed by atoms with Crippen LogP contribution in [0.1, 0.15) is 24.3 Å². The number of carbonyl (C=O) groups excluding carboxylic acids is 2. The number of nitrogens with one attached hydrogen (secondary N) is 1. The standard InChI is InChI=1S/C13H14FNO4/c1-8(17)15-12-10(13-18-6-7-19-13)3-2-9(4-5-16)11(12)14/h2-3,5,13H,4,6-7H2,1H3,(H,15,17). The molecule has 1 aliphatic heterocycles. The molecule has 102 valence electrons. The first-order valence-electron chi connectivity index (χ1n) is 5.89. The summed E-state index contributed by atoms with van der Waals surface area (Å²) in [5.41, 5.74) is 0.652. The number of carbonyl (C=O) groups is 2. The Kier molecular flexibility index (Phi) is 4.24. The van der Waals surface area contributed by atoms with Crippen molar-refractivity contribution in [3.63, 3.8) is 0 Å². The maximum Gasteiger partial charge on any atom is 0.221 e. The molecule has 0 unspecified atom stereocenters. The molecule has 1 aliphatic rings. The van der Waals surface area contributed by atoms with Crippen LogP contribution in [-0.2, 0) is 25.5 Å². The van der Waals surface area contributed by atoms with Crippen LogP contribution >= 0.6 is 0 Å². The lowest BCUT2D eigenvalue weighted by atomic mass is 10.1. The van der Waals surface area contributed by atoms with E-state index in [-0.39, 0.29) is 17.7 Å². The monoisotopic (exact) mass is 267 g/mol. The van der Waals surface area contributed by atoms with Gasteiger partial charge in [0.15, 0.2) is 12.1 Å². The summed E-state index contributed by atoms with van der Waals surface area (Å²) in [6.07, 6.45) is -0.134. The summed E-state index contributed by atoms with van der Waals surface area (Å²) >= 11 is 0. The lowest BCUT2D eigenvalue weighted by Crippen LogP contribution is -2.14. The highest BCUT2D eigenvalue weighted by Crippen LogP contribution is 2.33. The molecular weight excluding hydrogens is 253 g/mol. The van der Waals surface area contributed by atoms with Crippen molar-refractivity contribution in [3.05, 3.63) is 29.1 Å². The van der Waals surface area contributed by atoms with Gasteiger partial charge in [0.2, 0.25) is 5.91 Å². The molecular formula is C13H14FNO4. The molecule has 5 nitrogen and oxygen atoms in total. The van der Waals surface area contributed by atoms with Gasteiger partial charge in [-0.1, -0.05) is 12.1 Å². The SMILES string of the molecule is CC(=O)Nc1c(C2OCCO2)ccc(CC=O)c1F. The quantitative estimate of drug-likeness (QED) is 0.841. The molecule has 1 amide bonds. The fourth-order valence-electron chi connectivity index (χ4n) is 1.92. The molecule has 0 saturated carbocycles. The van der Waals surface area contributed by atoms with Crippen LogP contribution in [0, 0.1) is 5.82 Å². The van der Waals surface area contributed by atoms with Crippen LogP contribution < -0.4 is 5.32 Å².